The number of guanidine groups is 4. The van der Waals surface area contributed by atoms with Crippen molar-refractivity contribution in [3.8, 4) is 11.5 Å². The summed E-state index contributed by atoms with van der Waals surface area (Å²) in [5.41, 5.74) is 46.2. The summed E-state index contributed by atoms with van der Waals surface area (Å²) in [6.07, 6.45) is -2.12. The Labute approximate surface area is 851 Å². The molecule has 6 rings (SSSR count). The number of nitrogens with zero attached hydrogens (tertiary/aromatic N) is 1. The summed E-state index contributed by atoms with van der Waals surface area (Å²) in [5, 5.41) is 114. The zero-order chi connectivity index (χ0) is 107. The first-order valence-electron chi connectivity index (χ1n) is 48.1. The third-order valence-corrected chi connectivity index (χ3v) is 25.8. The second-order valence-corrected chi connectivity index (χ2v) is 37.6. The summed E-state index contributed by atoms with van der Waals surface area (Å²) >= 11 is 0. The molecule has 0 bridgehead atoms. The Balaban J connectivity index is 1.63. The number of hydrogen-bond donors (Lipinski definition) is 34. The van der Waals surface area contributed by atoms with Crippen molar-refractivity contribution in [2.45, 2.75) is 239 Å². The molecule has 0 aliphatic carbocycles. The second kappa shape index (κ2) is 63.9. The van der Waals surface area contributed by atoms with Gasteiger partial charge < -0.3 is 167 Å². The quantitative estimate of drug-likeness (QED) is 0.00848. The lowest BCUT2D eigenvalue weighted by Gasteiger charge is -2.31. The highest BCUT2D eigenvalue weighted by Gasteiger charge is 2.43. The van der Waals surface area contributed by atoms with Gasteiger partial charge >= 0.3 is 18.0 Å². The molecule has 4 aromatic rings. The number of nitrogens with two attached hydrogens (primary N) is 8. The maximum Gasteiger partial charge on any atom is 0.326 e. The van der Waals surface area contributed by atoms with Crippen LogP contribution in [0, 0.1) is 21.6 Å². The number of carboxylic acids is 1. The third-order valence-electron chi connectivity index (χ3n) is 23.4. The molecular weight excluding hydrogens is 1940 g/mol. The summed E-state index contributed by atoms with van der Waals surface area (Å²) in [7, 11) is 1.43. The molecule has 0 saturated carbocycles. The van der Waals surface area contributed by atoms with E-state index in [1.165, 1.54) is 53.4 Å². The highest BCUT2D eigenvalue weighted by atomic mass is 33.1. The topological polar surface area (TPSA) is 886 Å². The number of amides is 18. The van der Waals surface area contributed by atoms with E-state index in [0.29, 0.717) is 50.9 Å². The number of carboxylic acid groups (broad SMARTS) is 1. The van der Waals surface area contributed by atoms with Gasteiger partial charge in [-0.25, -0.2) is 14.4 Å². The third kappa shape index (κ3) is 44.5. The summed E-state index contributed by atoms with van der Waals surface area (Å²) in [4.78, 5) is 251. The number of rotatable bonds is 48. The van der Waals surface area contributed by atoms with Gasteiger partial charge in [-0.1, -0.05) is 88.3 Å². The Kier molecular flexibility index (Phi) is 52.4. The van der Waals surface area contributed by atoms with Gasteiger partial charge in [-0.3, -0.25) is 88.8 Å². The first kappa shape index (κ1) is 120. The van der Waals surface area contributed by atoms with E-state index in [9.17, 15) is 39.3 Å². The van der Waals surface area contributed by atoms with Crippen LogP contribution in [0.2, 0.25) is 0 Å². The number of urea groups is 2. The number of carbonyl (C=O) groups excluding carboxylic acids is 16. The smallest absolute Gasteiger partial charge is 0.326 e. The van der Waals surface area contributed by atoms with Gasteiger partial charge in [-0.2, -0.15) is 0 Å². The van der Waals surface area contributed by atoms with Crippen LogP contribution >= 0.6 is 21.6 Å². The molecule has 2 fully saturated rings. The zero-order valence-corrected chi connectivity index (χ0v) is 83.1. The maximum absolute atomic E-state index is 16.1. The molecule has 0 unspecified atom stereocenters. The molecule has 0 spiro atoms. The van der Waals surface area contributed by atoms with Gasteiger partial charge in [0.2, 0.25) is 82.7 Å². The fourth-order valence-electron chi connectivity index (χ4n) is 15.8. The number of unbranched alkanes of at least 4 members (excludes halogenated alkanes) is 2. The number of benzene rings is 4. The van der Waals surface area contributed by atoms with Crippen LogP contribution in [0.15, 0.2) is 91.0 Å². The maximum atomic E-state index is 16.1. The molecule has 2 saturated heterocycles. The lowest BCUT2D eigenvalue weighted by Crippen LogP contribution is -2.61. The van der Waals surface area contributed by atoms with Crippen molar-refractivity contribution in [2.75, 3.05) is 70.4 Å². The summed E-state index contributed by atoms with van der Waals surface area (Å²) in [6, 6.07) is -2.16. The van der Waals surface area contributed by atoms with Gasteiger partial charge in [0.05, 0.1) is 0 Å². The van der Waals surface area contributed by atoms with Crippen molar-refractivity contribution in [2.24, 2.45) is 45.9 Å². The van der Waals surface area contributed by atoms with E-state index in [4.69, 9.17) is 67.5 Å². The Morgan fingerprint density at radius 3 is 1.25 bits per heavy atom. The van der Waals surface area contributed by atoms with Crippen LogP contribution in [0.4, 0.5) is 9.59 Å². The van der Waals surface area contributed by atoms with E-state index in [1.807, 2.05) is 6.07 Å². The molecule has 2 aliphatic rings. The van der Waals surface area contributed by atoms with Crippen molar-refractivity contribution in [1.82, 2.24) is 106 Å². The minimum atomic E-state index is -1.94. The molecule has 2 heterocycles. The van der Waals surface area contributed by atoms with Crippen molar-refractivity contribution in [1.29, 1.82) is 21.6 Å². The SMILES string of the molecule is CC(=O)N[C@@H](CCCNC(=N)N)C(=O)N[C@@H](CCCNC(=N)N)C(=O)N[C@@H](Cc1ccc2ccccc2c1)C(=O)N[C@H]1CSSC[C@@H](C(=O)N[C@@H](CCCNC(=N)N)C(=O)O)NC(=O)[C@H](CCCNC(N)=O)NC(=O)[C@H](CCCNC(=N)N)NC(=O)[C@H](Cc2ccc(O)cc2)NC(=O)[C@@H]2CCCN2C(=O)[C@@H](CCCCN)NC(=O)[C@H](CCCCN)NC(=O)[C@H](CCCNC(N)=O)NC(=O)[C@H](Cc2ccc(O)cc2)NC1=O. The van der Waals surface area contributed by atoms with Crippen molar-refractivity contribution in [3.63, 3.8) is 0 Å². The van der Waals surface area contributed by atoms with Gasteiger partial charge in [0.15, 0.2) is 23.8 Å². The average molecular weight is 2080 g/mol. The standard InChI is InChI=1S/C92H142N32O20S2/c1-51(125)111-59(19-8-38-105-87(95)96)73(128)113-63(21-10-40-107-89(99)100)77(132)119-69(48-54-26-31-55-15-2-3-16-56(55)45-54)81(136)123-71-50-146-145-49-70(82(137)118-66(86(141)142)24-13-41-108-90(101)102)122-78(133)64(23-12-43-110-92(104)144)114-75(130)61(20-9-39-106-88(97)98)116-80(135)68(47-53-29-34-58(127)35-30-53)121-84(139)72-25-14-44-124(72)85(140)65(18-5-7-37-94)117-76(131)60(17-4-6-36-93)112-74(129)62(22-11-42-109-91(103)143)115-79(134)67(120-83(71)138)46-52-27-32-57(126)33-28-52/h2-3,15-16,26-35,45,59-72,126-127H,4-14,17-25,36-44,46-50,93-94H2,1H3,(H,111,125)(H,112,129)(H,113,128)(H,114,130)(H,115,134)(H,116,135)(H,117,131)(H,118,137)(H,119,132)(H,120,138)(H,121,139)(H,122,133)(H,123,136)(H,141,142)(H4,95,96,105)(H4,97,98,106)(H4,99,100,107)(H4,101,102,108)(H3,103,109,143)(H3,104,110,144)/t59-,60-,61-,62-,63-,64-,65+,66-,67-,68-,69-,70-,71-,72-/m0/s1. The van der Waals surface area contributed by atoms with Crippen molar-refractivity contribution < 1.29 is 96.8 Å². The number of phenols is 2. The molecule has 18 amide bonds. The molecule has 0 aromatic heterocycles. The second-order valence-electron chi connectivity index (χ2n) is 35.1. The number of hydrogen-bond acceptors (Lipinski definition) is 27. The molecule has 42 N–H and O–H groups in total. The minimum Gasteiger partial charge on any atom is -0.508 e. The molecule has 2 aliphatic heterocycles. The number of aromatic hydroxyl groups is 2. The number of phenolic OH excluding ortho intramolecular Hbond substituents is 2. The number of carbonyl (C=O) groups is 17. The Morgan fingerprint density at radius 2 is 0.795 bits per heavy atom. The fraction of sp³-hybridized carbons (Fsp3) is 0.533. The molecule has 4 aromatic carbocycles. The lowest BCUT2D eigenvalue weighted by atomic mass is 10.00. The predicted molar refractivity (Wildman–Crippen MR) is 545 cm³/mol. The molecule has 52 nitrogen and oxygen atoms in total. The minimum absolute atomic E-state index is 0.0000420. The van der Waals surface area contributed by atoms with Gasteiger partial charge in [0, 0.05) is 83.5 Å². The van der Waals surface area contributed by atoms with Gasteiger partial charge in [0.25, 0.3) is 0 Å². The van der Waals surface area contributed by atoms with Crippen LogP contribution in [0.5, 0.6) is 11.5 Å². The lowest BCUT2D eigenvalue weighted by molar-refractivity contribution is -0.142. The summed E-state index contributed by atoms with van der Waals surface area (Å²) < 4.78 is 0. The van der Waals surface area contributed by atoms with E-state index >= 15 is 57.5 Å². The number of fused-ring (bicyclic) bond motifs is 2. The first-order chi connectivity index (χ1) is 69.6. The number of aliphatic carboxylic acids is 1. The molecule has 0 radical (unpaired) electrons. The fourth-order valence-corrected chi connectivity index (χ4v) is 18.2. The van der Waals surface area contributed by atoms with Crippen molar-refractivity contribution >= 4 is 157 Å². The van der Waals surface area contributed by atoms with E-state index in [2.05, 4.69) is 101 Å². The van der Waals surface area contributed by atoms with Crippen LogP contribution in [0.3, 0.4) is 0 Å². The number of nitrogens with one attached hydrogen (secondary N) is 23. The zero-order valence-electron chi connectivity index (χ0n) is 81.4. The van der Waals surface area contributed by atoms with Crippen LogP contribution in [0.25, 0.3) is 10.8 Å². The average Bonchev–Trinajstić information content (AvgIpc) is 1.69. The first-order valence-corrected chi connectivity index (χ1v) is 50.6. The largest absolute Gasteiger partial charge is 0.508 e. The van der Waals surface area contributed by atoms with E-state index in [-0.39, 0.29) is 197 Å². The Morgan fingerprint density at radius 1 is 0.411 bits per heavy atom. The molecule has 146 heavy (non-hydrogen) atoms. The highest BCUT2D eigenvalue weighted by molar-refractivity contribution is 8.76. The summed E-state index contributed by atoms with van der Waals surface area (Å²) in [5.74, 6) is -19.1. The van der Waals surface area contributed by atoms with E-state index in [1.54, 1.807) is 36.4 Å². The monoisotopic (exact) mass is 2080 g/mol. The van der Waals surface area contributed by atoms with Gasteiger partial charge in [-0.05, 0) is 193 Å². The highest BCUT2D eigenvalue weighted by Crippen LogP contribution is 2.27. The van der Waals surface area contributed by atoms with Crippen LogP contribution in [0.1, 0.15) is 152 Å². The van der Waals surface area contributed by atoms with Crippen LogP contribution in [-0.2, 0) is 91.2 Å². The molecular formula is C92H142N32O20S2. The number of primary amides is 2. The van der Waals surface area contributed by atoms with Crippen LogP contribution < -0.4 is 147 Å². The predicted octanol–water partition coefficient (Wildman–Crippen LogP) is -5.72. The molecule has 14 atom stereocenters. The summed E-state index contributed by atoms with van der Waals surface area (Å²) in [6.45, 7) is 0.790. The van der Waals surface area contributed by atoms with E-state index in [0.717, 1.165) is 12.3 Å². The normalized spacial score (nSPS) is 20.0. The Hall–Kier alpha value is -15.0. The van der Waals surface area contributed by atoms with Crippen LogP contribution in [-0.4, -0.2) is 300 Å². The Bertz CT molecular complexity index is 5110. The van der Waals surface area contributed by atoms with Crippen molar-refractivity contribution in [3.05, 3.63) is 108 Å². The van der Waals surface area contributed by atoms with Gasteiger partial charge in [0.1, 0.15) is 96.1 Å². The molecule has 802 valence electrons. The van der Waals surface area contributed by atoms with E-state index < -0.39 is 234 Å². The molecule has 54 heteroatoms. The van der Waals surface area contributed by atoms with Gasteiger partial charge in [-0.15, -0.1) is 0 Å².